The van der Waals surface area contributed by atoms with Gasteiger partial charge in [0.15, 0.2) is 0 Å². The molecule has 0 radical (unpaired) electrons. The zero-order valence-electron chi connectivity index (χ0n) is 10.7. The first-order valence-corrected chi connectivity index (χ1v) is 6.01. The SMILES string of the molecule is COc1ccc(F)cc1C(NN)C1(OC)CCC1. The molecule has 0 bridgehead atoms. The van der Waals surface area contributed by atoms with Crippen LogP contribution in [0.5, 0.6) is 5.75 Å². The van der Waals surface area contributed by atoms with Crippen molar-refractivity contribution in [3.05, 3.63) is 29.6 Å². The van der Waals surface area contributed by atoms with Crippen LogP contribution in [0, 0.1) is 5.82 Å². The number of nitrogens with one attached hydrogen (secondary N) is 1. The van der Waals surface area contributed by atoms with Gasteiger partial charge in [-0.25, -0.2) is 9.82 Å². The third kappa shape index (κ3) is 2.09. The van der Waals surface area contributed by atoms with Gasteiger partial charge in [-0.05, 0) is 37.5 Å². The summed E-state index contributed by atoms with van der Waals surface area (Å²) in [5.41, 5.74) is 3.07. The van der Waals surface area contributed by atoms with Crippen LogP contribution < -0.4 is 16.0 Å². The molecule has 0 heterocycles. The Labute approximate surface area is 106 Å². The Balaban J connectivity index is 2.40. The number of rotatable bonds is 5. The Kier molecular flexibility index (Phi) is 3.85. The lowest BCUT2D eigenvalue weighted by atomic mass is 9.72. The molecule has 1 fully saturated rings. The van der Waals surface area contributed by atoms with E-state index in [4.69, 9.17) is 15.3 Å². The van der Waals surface area contributed by atoms with Gasteiger partial charge in [0.2, 0.25) is 0 Å². The Morgan fingerprint density at radius 3 is 2.56 bits per heavy atom. The van der Waals surface area contributed by atoms with Crippen molar-refractivity contribution >= 4 is 0 Å². The second-order valence-electron chi connectivity index (χ2n) is 4.61. The topological polar surface area (TPSA) is 56.5 Å². The lowest BCUT2D eigenvalue weighted by Crippen LogP contribution is -2.52. The summed E-state index contributed by atoms with van der Waals surface area (Å²) in [5.74, 6) is 5.95. The fourth-order valence-corrected chi connectivity index (χ4v) is 2.59. The molecule has 5 heteroatoms. The zero-order chi connectivity index (χ0) is 13.2. The summed E-state index contributed by atoms with van der Waals surface area (Å²) in [4.78, 5) is 0. The van der Waals surface area contributed by atoms with Crippen molar-refractivity contribution in [2.45, 2.75) is 30.9 Å². The van der Waals surface area contributed by atoms with Gasteiger partial charge in [-0.1, -0.05) is 0 Å². The van der Waals surface area contributed by atoms with Gasteiger partial charge in [-0.3, -0.25) is 5.84 Å². The first-order valence-electron chi connectivity index (χ1n) is 6.01. The summed E-state index contributed by atoms with van der Waals surface area (Å²) in [5, 5.41) is 0. The number of hydrogen-bond donors (Lipinski definition) is 2. The Hall–Kier alpha value is -1.17. The summed E-state index contributed by atoms with van der Waals surface area (Å²) in [6.45, 7) is 0. The Morgan fingerprint density at radius 1 is 1.39 bits per heavy atom. The first kappa shape index (κ1) is 13.3. The van der Waals surface area contributed by atoms with E-state index < -0.39 is 0 Å². The molecule has 0 amide bonds. The minimum absolute atomic E-state index is 0.276. The molecule has 1 aromatic carbocycles. The predicted molar refractivity (Wildman–Crippen MR) is 66.6 cm³/mol. The van der Waals surface area contributed by atoms with Crippen LogP contribution in [0.3, 0.4) is 0 Å². The van der Waals surface area contributed by atoms with Gasteiger partial charge in [-0.2, -0.15) is 0 Å². The molecule has 0 aromatic heterocycles. The number of hydrogen-bond acceptors (Lipinski definition) is 4. The maximum atomic E-state index is 13.4. The molecule has 1 unspecified atom stereocenters. The summed E-state index contributed by atoms with van der Waals surface area (Å²) >= 11 is 0. The summed E-state index contributed by atoms with van der Waals surface area (Å²) in [6.07, 6.45) is 2.89. The monoisotopic (exact) mass is 254 g/mol. The molecule has 1 aliphatic carbocycles. The van der Waals surface area contributed by atoms with E-state index in [2.05, 4.69) is 5.43 Å². The molecule has 1 atom stereocenters. The van der Waals surface area contributed by atoms with Crippen molar-refractivity contribution in [3.8, 4) is 5.75 Å². The quantitative estimate of drug-likeness (QED) is 0.622. The second-order valence-corrected chi connectivity index (χ2v) is 4.61. The maximum Gasteiger partial charge on any atom is 0.124 e. The van der Waals surface area contributed by atoms with Gasteiger partial charge >= 0.3 is 0 Å². The second kappa shape index (κ2) is 5.22. The molecule has 1 saturated carbocycles. The molecule has 3 N–H and O–H groups in total. The molecule has 2 rings (SSSR count). The number of ether oxygens (including phenoxy) is 2. The van der Waals surface area contributed by atoms with Crippen molar-refractivity contribution in [2.24, 2.45) is 5.84 Å². The van der Waals surface area contributed by atoms with E-state index in [0.29, 0.717) is 11.3 Å². The summed E-state index contributed by atoms with van der Waals surface area (Å²) in [7, 11) is 3.22. The van der Waals surface area contributed by atoms with Gasteiger partial charge < -0.3 is 9.47 Å². The Bertz CT molecular complexity index is 416. The van der Waals surface area contributed by atoms with Crippen molar-refractivity contribution < 1.29 is 13.9 Å². The lowest BCUT2D eigenvalue weighted by molar-refractivity contribution is -0.100. The van der Waals surface area contributed by atoms with Gasteiger partial charge in [0.25, 0.3) is 0 Å². The molecular weight excluding hydrogens is 235 g/mol. The van der Waals surface area contributed by atoms with Gasteiger partial charge in [0, 0.05) is 12.7 Å². The molecule has 18 heavy (non-hydrogen) atoms. The molecular formula is C13H19FN2O2. The van der Waals surface area contributed by atoms with Gasteiger partial charge in [0.1, 0.15) is 11.6 Å². The van der Waals surface area contributed by atoms with Crippen molar-refractivity contribution in [2.75, 3.05) is 14.2 Å². The normalized spacial score (nSPS) is 19.1. The first-order chi connectivity index (χ1) is 8.66. The van der Waals surface area contributed by atoms with E-state index in [0.717, 1.165) is 19.3 Å². The summed E-state index contributed by atoms with van der Waals surface area (Å²) in [6, 6.07) is 4.15. The van der Waals surface area contributed by atoms with E-state index in [1.54, 1.807) is 20.3 Å². The van der Waals surface area contributed by atoms with Gasteiger partial charge in [0.05, 0.1) is 18.8 Å². The van der Waals surface area contributed by atoms with E-state index in [1.165, 1.54) is 12.1 Å². The molecule has 0 aliphatic heterocycles. The van der Waals surface area contributed by atoms with Crippen LogP contribution in [0.4, 0.5) is 4.39 Å². The highest BCUT2D eigenvalue weighted by molar-refractivity contribution is 5.38. The fraction of sp³-hybridized carbons (Fsp3) is 0.538. The van der Waals surface area contributed by atoms with Crippen LogP contribution in [0.15, 0.2) is 18.2 Å². The van der Waals surface area contributed by atoms with E-state index in [1.807, 2.05) is 0 Å². The summed E-state index contributed by atoms with van der Waals surface area (Å²) < 4.78 is 24.3. The maximum absolute atomic E-state index is 13.4. The molecule has 0 spiro atoms. The highest BCUT2D eigenvalue weighted by Crippen LogP contribution is 2.46. The van der Waals surface area contributed by atoms with Crippen molar-refractivity contribution in [1.82, 2.24) is 5.43 Å². The van der Waals surface area contributed by atoms with Crippen LogP contribution in [-0.4, -0.2) is 19.8 Å². The van der Waals surface area contributed by atoms with E-state index >= 15 is 0 Å². The van der Waals surface area contributed by atoms with Crippen molar-refractivity contribution in [1.29, 1.82) is 0 Å². The zero-order valence-corrected chi connectivity index (χ0v) is 10.7. The Morgan fingerprint density at radius 2 is 2.11 bits per heavy atom. The third-order valence-electron chi connectivity index (χ3n) is 3.80. The minimum Gasteiger partial charge on any atom is -0.496 e. The number of methoxy groups -OCH3 is 2. The number of hydrazine groups is 1. The largest absolute Gasteiger partial charge is 0.496 e. The molecule has 4 nitrogen and oxygen atoms in total. The van der Waals surface area contributed by atoms with Crippen LogP contribution in [0.1, 0.15) is 30.9 Å². The van der Waals surface area contributed by atoms with Crippen LogP contribution >= 0.6 is 0 Å². The van der Waals surface area contributed by atoms with Gasteiger partial charge in [-0.15, -0.1) is 0 Å². The van der Waals surface area contributed by atoms with E-state index in [9.17, 15) is 4.39 Å². The molecule has 1 aliphatic rings. The average Bonchev–Trinajstić information content (AvgIpc) is 2.33. The number of nitrogens with two attached hydrogens (primary N) is 1. The average molecular weight is 254 g/mol. The lowest BCUT2D eigenvalue weighted by Gasteiger charge is -2.46. The van der Waals surface area contributed by atoms with Crippen LogP contribution in [0.25, 0.3) is 0 Å². The fourth-order valence-electron chi connectivity index (χ4n) is 2.59. The van der Waals surface area contributed by atoms with Crippen molar-refractivity contribution in [3.63, 3.8) is 0 Å². The smallest absolute Gasteiger partial charge is 0.124 e. The molecule has 1 aromatic rings. The minimum atomic E-state index is -0.365. The molecule has 0 saturated heterocycles. The number of halogens is 1. The highest BCUT2D eigenvalue weighted by atomic mass is 19.1. The molecule has 100 valence electrons. The third-order valence-corrected chi connectivity index (χ3v) is 3.80. The standard InChI is InChI=1S/C13H19FN2O2/c1-17-11-5-4-9(14)8-10(11)12(16-15)13(18-2)6-3-7-13/h4-5,8,12,16H,3,6-7,15H2,1-2H3. The number of benzene rings is 1. The van der Waals surface area contributed by atoms with E-state index in [-0.39, 0.29) is 17.5 Å². The van der Waals surface area contributed by atoms with Crippen LogP contribution in [-0.2, 0) is 4.74 Å². The van der Waals surface area contributed by atoms with Crippen LogP contribution in [0.2, 0.25) is 0 Å². The predicted octanol–water partition coefficient (Wildman–Crippen LogP) is 1.91. The highest BCUT2D eigenvalue weighted by Gasteiger charge is 2.45.